The van der Waals surface area contributed by atoms with Crippen LogP contribution in [-0.2, 0) is 4.79 Å². The van der Waals surface area contributed by atoms with Crippen LogP contribution in [0.5, 0.6) is 0 Å². The van der Waals surface area contributed by atoms with Crippen LogP contribution in [0.1, 0.15) is 167 Å². The molecule has 2 N–H and O–H groups in total. The zero-order valence-electron chi connectivity index (χ0n) is 24.9. The molecule has 0 heterocycles. The summed E-state index contributed by atoms with van der Waals surface area (Å²) >= 11 is 0. The normalized spacial score (nSPS) is 14.0. The van der Waals surface area contributed by atoms with Gasteiger partial charge in [-0.2, -0.15) is 0 Å². The van der Waals surface area contributed by atoms with Gasteiger partial charge in [-0.3, -0.25) is 4.79 Å². The van der Waals surface area contributed by atoms with E-state index >= 15 is 0 Å². The predicted octanol–water partition coefficient (Wildman–Crippen LogP) is 8.90. The Labute approximate surface area is 230 Å². The Morgan fingerprint density at radius 3 is 1.46 bits per heavy atom. The average Bonchev–Trinajstić information content (AvgIpc) is 2.92. The van der Waals surface area contributed by atoms with Gasteiger partial charge in [0.25, 0.3) is 0 Å². The van der Waals surface area contributed by atoms with Crippen LogP contribution in [-0.4, -0.2) is 43.0 Å². The molecule has 0 aliphatic heterocycles. The molecule has 0 unspecified atom stereocenters. The van der Waals surface area contributed by atoms with Crippen LogP contribution in [0, 0.1) is 0 Å². The number of urea groups is 1. The first-order valence-electron chi connectivity index (χ1n) is 16.4. The number of nitrogens with one attached hydrogen (secondary N) is 2. The van der Waals surface area contributed by atoms with Crippen molar-refractivity contribution in [1.82, 2.24) is 15.5 Å². The number of rotatable bonds is 24. The summed E-state index contributed by atoms with van der Waals surface area (Å²) in [4.78, 5) is 26.3. The van der Waals surface area contributed by atoms with E-state index in [4.69, 9.17) is 0 Å². The third-order valence-electron chi connectivity index (χ3n) is 8.18. The number of carbonyl (C=O) groups excluding carboxylic acids is 2. The first-order valence-corrected chi connectivity index (χ1v) is 16.4. The van der Waals surface area contributed by atoms with Gasteiger partial charge in [-0.05, 0) is 32.1 Å². The van der Waals surface area contributed by atoms with E-state index in [0.717, 1.165) is 32.2 Å². The Morgan fingerprint density at radius 2 is 1.00 bits per heavy atom. The van der Waals surface area contributed by atoms with Crippen LogP contribution in [0.25, 0.3) is 0 Å². The summed E-state index contributed by atoms with van der Waals surface area (Å²) in [5, 5.41) is 5.94. The van der Waals surface area contributed by atoms with Crippen molar-refractivity contribution in [3.05, 3.63) is 0 Å². The molecule has 0 spiro atoms. The van der Waals surface area contributed by atoms with Crippen molar-refractivity contribution >= 4 is 11.9 Å². The van der Waals surface area contributed by atoms with Crippen LogP contribution in [0.4, 0.5) is 4.79 Å². The summed E-state index contributed by atoms with van der Waals surface area (Å²) < 4.78 is 0. The molecule has 3 amide bonds. The van der Waals surface area contributed by atoms with Crippen molar-refractivity contribution in [3.63, 3.8) is 0 Å². The van der Waals surface area contributed by atoms with Crippen molar-refractivity contribution in [1.29, 1.82) is 0 Å². The Morgan fingerprint density at radius 1 is 0.595 bits per heavy atom. The highest BCUT2D eigenvalue weighted by atomic mass is 16.2. The minimum Gasteiger partial charge on any atom is -0.343 e. The zero-order valence-corrected chi connectivity index (χ0v) is 24.9. The summed E-state index contributed by atoms with van der Waals surface area (Å²) in [5.41, 5.74) is 0. The molecular weight excluding hydrogens is 458 g/mol. The maximum atomic E-state index is 12.4. The lowest BCUT2D eigenvalue weighted by atomic mass is 9.94. The molecule has 1 aliphatic rings. The molecular formula is C32H63N3O2. The molecule has 218 valence electrons. The lowest BCUT2D eigenvalue weighted by molar-refractivity contribution is -0.132. The van der Waals surface area contributed by atoms with Gasteiger partial charge in [0.1, 0.15) is 0 Å². The van der Waals surface area contributed by atoms with Gasteiger partial charge in [-0.15, -0.1) is 0 Å². The van der Waals surface area contributed by atoms with E-state index in [1.54, 1.807) is 0 Å². The largest absolute Gasteiger partial charge is 0.343 e. The minimum atomic E-state index is -0.0472. The average molecular weight is 522 g/mol. The number of hydrogen-bond acceptors (Lipinski definition) is 2. The molecule has 0 saturated heterocycles. The summed E-state index contributed by atoms with van der Waals surface area (Å²) in [6, 6.07) is 0.412. The van der Waals surface area contributed by atoms with Gasteiger partial charge in [0.2, 0.25) is 5.91 Å². The molecule has 1 aliphatic carbocycles. The van der Waals surface area contributed by atoms with Crippen molar-refractivity contribution < 1.29 is 9.59 Å². The van der Waals surface area contributed by atoms with E-state index in [9.17, 15) is 9.59 Å². The van der Waals surface area contributed by atoms with Crippen LogP contribution < -0.4 is 10.6 Å². The van der Waals surface area contributed by atoms with Gasteiger partial charge in [-0.1, -0.05) is 129 Å². The molecule has 0 aromatic rings. The van der Waals surface area contributed by atoms with Crippen LogP contribution >= 0.6 is 0 Å². The molecule has 1 saturated carbocycles. The second-order valence-electron chi connectivity index (χ2n) is 11.6. The molecule has 5 nitrogen and oxygen atoms in total. The molecule has 0 radical (unpaired) electrons. The summed E-state index contributed by atoms with van der Waals surface area (Å²) in [5.74, 6) is 0.288. The minimum absolute atomic E-state index is 0.0472. The maximum absolute atomic E-state index is 12.4. The summed E-state index contributed by atoms with van der Waals surface area (Å²) in [7, 11) is 1.98. The molecule has 0 atom stereocenters. The third kappa shape index (κ3) is 20.4. The quantitative estimate of drug-likeness (QED) is 0.125. The van der Waals surface area contributed by atoms with Crippen molar-refractivity contribution in [3.8, 4) is 0 Å². The molecule has 0 bridgehead atoms. The number of hydrogen-bond donors (Lipinski definition) is 2. The van der Waals surface area contributed by atoms with Gasteiger partial charge in [0.15, 0.2) is 0 Å². The van der Waals surface area contributed by atoms with Crippen LogP contribution in [0.2, 0.25) is 0 Å². The number of amides is 3. The Kier molecular flexibility index (Phi) is 22.9. The lowest BCUT2D eigenvalue weighted by Crippen LogP contribution is -2.38. The number of unbranched alkanes of at least 4 members (excludes halogenated alkanes) is 17. The monoisotopic (exact) mass is 521 g/mol. The molecule has 0 aromatic heterocycles. The lowest BCUT2D eigenvalue weighted by Gasteiger charge is -2.31. The summed E-state index contributed by atoms with van der Waals surface area (Å²) in [6.07, 6.45) is 31.5. The Balaban J connectivity index is 1.77. The van der Waals surface area contributed by atoms with E-state index in [0.29, 0.717) is 19.0 Å². The van der Waals surface area contributed by atoms with E-state index in [1.807, 2.05) is 11.9 Å². The number of carbonyl (C=O) groups is 2. The summed E-state index contributed by atoms with van der Waals surface area (Å²) in [6.45, 7) is 3.75. The second kappa shape index (κ2) is 25.0. The predicted molar refractivity (Wildman–Crippen MR) is 159 cm³/mol. The molecule has 1 fully saturated rings. The van der Waals surface area contributed by atoms with Gasteiger partial charge >= 0.3 is 6.03 Å². The van der Waals surface area contributed by atoms with Gasteiger partial charge in [0, 0.05) is 32.6 Å². The molecule has 1 rings (SSSR count). The standard InChI is InChI=1S/C32H63N3O2/c1-3-4-5-6-7-8-9-10-11-12-13-14-15-16-17-23-28-33-32(37)34-29-24-19-22-27-31(36)35(2)30-25-20-18-21-26-30/h30H,3-29H2,1-2H3,(H2,33,34,37). The maximum Gasteiger partial charge on any atom is 0.314 e. The number of nitrogens with zero attached hydrogens (tertiary/aromatic N) is 1. The van der Waals surface area contributed by atoms with Crippen molar-refractivity contribution in [2.75, 3.05) is 20.1 Å². The SMILES string of the molecule is CCCCCCCCCCCCCCCCCCNC(=O)NCCCCCC(=O)N(C)C1CCCCC1. The van der Waals surface area contributed by atoms with Crippen LogP contribution in [0.15, 0.2) is 0 Å². The first kappa shape index (κ1) is 33.8. The zero-order chi connectivity index (χ0) is 26.8. The first-order chi connectivity index (χ1) is 18.1. The van der Waals surface area contributed by atoms with Crippen LogP contribution in [0.3, 0.4) is 0 Å². The third-order valence-corrected chi connectivity index (χ3v) is 8.18. The Bertz CT molecular complexity index is 534. The van der Waals surface area contributed by atoms with E-state index in [1.165, 1.54) is 128 Å². The fourth-order valence-electron chi connectivity index (χ4n) is 5.57. The highest BCUT2D eigenvalue weighted by Gasteiger charge is 2.21. The molecule has 37 heavy (non-hydrogen) atoms. The van der Waals surface area contributed by atoms with Gasteiger partial charge < -0.3 is 15.5 Å². The smallest absolute Gasteiger partial charge is 0.314 e. The van der Waals surface area contributed by atoms with Crippen molar-refractivity contribution in [2.24, 2.45) is 0 Å². The topological polar surface area (TPSA) is 61.4 Å². The van der Waals surface area contributed by atoms with Gasteiger partial charge in [-0.25, -0.2) is 4.79 Å². The Hall–Kier alpha value is -1.26. The molecule has 5 heteroatoms. The second-order valence-corrected chi connectivity index (χ2v) is 11.6. The van der Waals surface area contributed by atoms with Gasteiger partial charge in [0.05, 0.1) is 0 Å². The van der Waals surface area contributed by atoms with E-state index in [-0.39, 0.29) is 11.9 Å². The highest BCUT2D eigenvalue weighted by molar-refractivity contribution is 5.76. The van der Waals surface area contributed by atoms with E-state index in [2.05, 4.69) is 17.6 Å². The van der Waals surface area contributed by atoms with E-state index < -0.39 is 0 Å². The highest BCUT2D eigenvalue weighted by Crippen LogP contribution is 2.22. The fourth-order valence-corrected chi connectivity index (χ4v) is 5.57. The fraction of sp³-hybridized carbons (Fsp3) is 0.938. The van der Waals surface area contributed by atoms with Crippen molar-refractivity contribution in [2.45, 2.75) is 173 Å². The molecule has 0 aromatic carbocycles.